The van der Waals surface area contributed by atoms with Crippen molar-refractivity contribution in [2.75, 3.05) is 40.4 Å². The number of methoxy groups -OCH3 is 2. The van der Waals surface area contributed by atoms with Crippen LogP contribution in [0.4, 0.5) is 0 Å². The molecule has 1 aromatic carbocycles. The van der Waals surface area contributed by atoms with Gasteiger partial charge in [0, 0.05) is 26.2 Å². The van der Waals surface area contributed by atoms with Crippen LogP contribution in [0.5, 0.6) is 5.75 Å². The molecule has 2 rings (SSSR count). The number of hydrogen-bond donors (Lipinski definition) is 1. The molecule has 1 saturated heterocycles. The Morgan fingerprint density at radius 2 is 2.04 bits per heavy atom. The molecule has 1 aliphatic heterocycles. The molecular formula is C20H31N3O3. The molecule has 0 saturated carbocycles. The lowest BCUT2D eigenvalue weighted by molar-refractivity contribution is -0.146. The lowest BCUT2D eigenvalue weighted by Crippen LogP contribution is -2.46. The van der Waals surface area contributed by atoms with Gasteiger partial charge in [0.1, 0.15) is 5.75 Å². The Balaban J connectivity index is 1.97. The average Bonchev–Trinajstić information content (AvgIpc) is 2.67. The third-order valence-corrected chi connectivity index (χ3v) is 4.74. The molecule has 26 heavy (non-hydrogen) atoms. The number of ether oxygens (including phenoxy) is 2. The molecule has 0 atom stereocenters. The molecule has 1 N–H and O–H groups in total. The van der Waals surface area contributed by atoms with Gasteiger partial charge in [-0.3, -0.25) is 9.79 Å². The number of guanidine groups is 1. The molecule has 0 amide bonds. The van der Waals surface area contributed by atoms with Crippen LogP contribution in [0.3, 0.4) is 0 Å². The minimum atomic E-state index is -0.0990. The van der Waals surface area contributed by atoms with E-state index in [2.05, 4.69) is 36.2 Å². The van der Waals surface area contributed by atoms with E-state index in [1.165, 1.54) is 18.2 Å². The molecule has 0 radical (unpaired) electrons. The van der Waals surface area contributed by atoms with E-state index in [-0.39, 0.29) is 11.9 Å². The largest absolute Gasteiger partial charge is 0.496 e. The number of likely N-dealkylation sites (tertiary alicyclic amines) is 1. The number of rotatable bonds is 6. The van der Waals surface area contributed by atoms with Crippen molar-refractivity contribution < 1.29 is 14.3 Å². The van der Waals surface area contributed by atoms with Crippen molar-refractivity contribution in [1.82, 2.24) is 10.2 Å². The van der Waals surface area contributed by atoms with Crippen LogP contribution in [0.15, 0.2) is 23.2 Å². The summed E-state index contributed by atoms with van der Waals surface area (Å²) < 4.78 is 10.3. The van der Waals surface area contributed by atoms with E-state index in [4.69, 9.17) is 14.5 Å². The maximum absolute atomic E-state index is 11.7. The molecule has 1 heterocycles. The summed E-state index contributed by atoms with van der Waals surface area (Å²) >= 11 is 0. The van der Waals surface area contributed by atoms with Gasteiger partial charge in [-0.15, -0.1) is 0 Å². The Morgan fingerprint density at radius 3 is 2.65 bits per heavy atom. The first kappa shape index (κ1) is 20.1. The summed E-state index contributed by atoms with van der Waals surface area (Å²) in [4.78, 5) is 18.7. The molecule has 1 fully saturated rings. The fraction of sp³-hybridized carbons (Fsp3) is 0.600. The number of aryl methyl sites for hydroxylation is 1. The Kier molecular flexibility index (Phi) is 7.75. The normalized spacial score (nSPS) is 15.7. The Labute approximate surface area is 156 Å². The Hall–Kier alpha value is -2.24. The standard InChI is InChI=1S/C20H31N3O3/c1-5-21-20(23-12-9-16(10-13-23)19(24)26-4)22-11-8-17-14-15(2)6-7-18(17)25-3/h6-7,14,16H,5,8-13H2,1-4H3,(H,21,22). The fourth-order valence-electron chi connectivity index (χ4n) is 3.30. The van der Waals surface area contributed by atoms with E-state index < -0.39 is 0 Å². The second kappa shape index (κ2) is 10.0. The molecule has 6 nitrogen and oxygen atoms in total. The van der Waals surface area contributed by atoms with Gasteiger partial charge in [-0.1, -0.05) is 17.7 Å². The van der Waals surface area contributed by atoms with Gasteiger partial charge in [0.25, 0.3) is 0 Å². The van der Waals surface area contributed by atoms with E-state index in [1.807, 2.05) is 6.07 Å². The molecular weight excluding hydrogens is 330 g/mol. The van der Waals surface area contributed by atoms with Crippen LogP contribution in [0, 0.1) is 12.8 Å². The molecule has 0 aliphatic carbocycles. The summed E-state index contributed by atoms with van der Waals surface area (Å²) in [6, 6.07) is 6.22. The van der Waals surface area contributed by atoms with E-state index in [0.717, 1.165) is 50.6 Å². The van der Waals surface area contributed by atoms with Crippen LogP contribution in [0.25, 0.3) is 0 Å². The maximum atomic E-state index is 11.7. The summed E-state index contributed by atoms with van der Waals surface area (Å²) in [5, 5.41) is 3.37. The van der Waals surface area contributed by atoms with Gasteiger partial charge < -0.3 is 19.7 Å². The summed E-state index contributed by atoms with van der Waals surface area (Å²) in [5.41, 5.74) is 2.40. The SMILES string of the molecule is CCNC(=NCCc1cc(C)ccc1OC)N1CCC(C(=O)OC)CC1. The smallest absolute Gasteiger partial charge is 0.308 e. The first-order valence-corrected chi connectivity index (χ1v) is 9.33. The van der Waals surface area contributed by atoms with Gasteiger partial charge in [-0.05, 0) is 44.7 Å². The molecule has 144 valence electrons. The van der Waals surface area contributed by atoms with Crippen molar-refractivity contribution >= 4 is 11.9 Å². The molecule has 6 heteroatoms. The number of carbonyl (C=O) groups excluding carboxylic acids is 1. The minimum absolute atomic E-state index is 0.00989. The van der Waals surface area contributed by atoms with Crippen LogP contribution in [-0.2, 0) is 16.0 Å². The molecule has 0 aromatic heterocycles. The average molecular weight is 361 g/mol. The lowest BCUT2D eigenvalue weighted by Gasteiger charge is -2.33. The van der Waals surface area contributed by atoms with Crippen LogP contribution in [-0.4, -0.2) is 57.2 Å². The number of nitrogens with one attached hydrogen (secondary N) is 1. The first-order valence-electron chi connectivity index (χ1n) is 9.33. The predicted molar refractivity (Wildman–Crippen MR) is 104 cm³/mol. The quantitative estimate of drug-likeness (QED) is 0.479. The summed E-state index contributed by atoms with van der Waals surface area (Å²) in [6.45, 7) is 7.31. The number of benzene rings is 1. The number of aliphatic imine (C=N–C) groups is 1. The van der Waals surface area contributed by atoms with Gasteiger partial charge >= 0.3 is 5.97 Å². The number of carbonyl (C=O) groups is 1. The van der Waals surface area contributed by atoms with E-state index >= 15 is 0 Å². The molecule has 0 spiro atoms. The van der Waals surface area contributed by atoms with Gasteiger partial charge in [-0.2, -0.15) is 0 Å². The molecule has 0 bridgehead atoms. The Morgan fingerprint density at radius 1 is 1.31 bits per heavy atom. The minimum Gasteiger partial charge on any atom is -0.496 e. The highest BCUT2D eigenvalue weighted by Crippen LogP contribution is 2.21. The number of piperidine rings is 1. The van der Waals surface area contributed by atoms with Gasteiger partial charge in [0.15, 0.2) is 5.96 Å². The van der Waals surface area contributed by atoms with Crippen molar-refractivity contribution in [3.05, 3.63) is 29.3 Å². The maximum Gasteiger partial charge on any atom is 0.308 e. The number of esters is 1. The molecule has 1 aliphatic rings. The van der Waals surface area contributed by atoms with Crippen molar-refractivity contribution in [1.29, 1.82) is 0 Å². The third-order valence-electron chi connectivity index (χ3n) is 4.74. The van der Waals surface area contributed by atoms with Gasteiger partial charge in [0.2, 0.25) is 0 Å². The van der Waals surface area contributed by atoms with E-state index in [1.54, 1.807) is 7.11 Å². The van der Waals surface area contributed by atoms with Crippen LogP contribution in [0.2, 0.25) is 0 Å². The first-order chi connectivity index (χ1) is 12.6. The lowest BCUT2D eigenvalue weighted by atomic mass is 9.97. The summed E-state index contributed by atoms with van der Waals surface area (Å²) in [6.07, 6.45) is 2.45. The van der Waals surface area contributed by atoms with Crippen molar-refractivity contribution in [2.45, 2.75) is 33.1 Å². The zero-order valence-electron chi connectivity index (χ0n) is 16.4. The zero-order chi connectivity index (χ0) is 18.9. The molecule has 0 unspecified atom stereocenters. The second-order valence-corrected chi connectivity index (χ2v) is 6.59. The number of hydrogen-bond acceptors (Lipinski definition) is 4. The van der Waals surface area contributed by atoms with Crippen LogP contribution < -0.4 is 10.1 Å². The molecule has 1 aromatic rings. The number of nitrogens with zero attached hydrogens (tertiary/aromatic N) is 2. The van der Waals surface area contributed by atoms with Crippen molar-refractivity contribution in [3.8, 4) is 5.75 Å². The third kappa shape index (κ3) is 5.38. The Bertz CT molecular complexity index is 623. The van der Waals surface area contributed by atoms with Crippen molar-refractivity contribution in [3.63, 3.8) is 0 Å². The fourth-order valence-corrected chi connectivity index (χ4v) is 3.30. The highest BCUT2D eigenvalue weighted by molar-refractivity contribution is 5.80. The van der Waals surface area contributed by atoms with Gasteiger partial charge in [-0.25, -0.2) is 0 Å². The van der Waals surface area contributed by atoms with E-state index in [9.17, 15) is 4.79 Å². The highest BCUT2D eigenvalue weighted by atomic mass is 16.5. The van der Waals surface area contributed by atoms with Gasteiger partial charge in [0.05, 0.1) is 20.1 Å². The predicted octanol–water partition coefficient (Wildman–Crippen LogP) is 2.40. The second-order valence-electron chi connectivity index (χ2n) is 6.59. The highest BCUT2D eigenvalue weighted by Gasteiger charge is 2.26. The van der Waals surface area contributed by atoms with Crippen LogP contribution in [0.1, 0.15) is 30.9 Å². The topological polar surface area (TPSA) is 63.2 Å². The summed E-state index contributed by atoms with van der Waals surface area (Å²) in [7, 11) is 3.16. The monoisotopic (exact) mass is 361 g/mol. The van der Waals surface area contributed by atoms with E-state index in [0.29, 0.717) is 6.54 Å². The van der Waals surface area contributed by atoms with Crippen LogP contribution >= 0.6 is 0 Å². The zero-order valence-corrected chi connectivity index (χ0v) is 16.4. The summed E-state index contributed by atoms with van der Waals surface area (Å²) in [5.74, 6) is 1.74. The van der Waals surface area contributed by atoms with Crippen molar-refractivity contribution in [2.24, 2.45) is 10.9 Å².